The van der Waals surface area contributed by atoms with Crippen LogP contribution in [0.1, 0.15) is 23.6 Å². The third-order valence-electron chi connectivity index (χ3n) is 5.63. The van der Waals surface area contributed by atoms with Crippen molar-refractivity contribution in [3.63, 3.8) is 0 Å². The highest BCUT2D eigenvalue weighted by atomic mass is 19.4. The number of rotatable bonds is 5. The number of fused-ring (bicyclic) bond motifs is 1. The molecule has 4 rings (SSSR count). The Morgan fingerprint density at radius 2 is 1.97 bits per heavy atom. The Labute approximate surface area is 184 Å². The number of aromatic nitrogens is 2. The quantitative estimate of drug-likeness (QED) is 0.541. The van der Waals surface area contributed by atoms with Gasteiger partial charge in [-0.1, -0.05) is 12.6 Å². The van der Waals surface area contributed by atoms with Crippen molar-refractivity contribution in [1.29, 1.82) is 0 Å². The first-order valence-electron chi connectivity index (χ1n) is 10.3. The van der Waals surface area contributed by atoms with Crippen molar-refractivity contribution in [2.24, 2.45) is 0 Å². The van der Waals surface area contributed by atoms with Gasteiger partial charge in [-0.3, -0.25) is 9.48 Å². The van der Waals surface area contributed by atoms with Crippen molar-refractivity contribution in [3.8, 4) is 11.1 Å². The largest absolute Gasteiger partial charge is 0.416 e. The predicted molar refractivity (Wildman–Crippen MR) is 117 cm³/mol. The van der Waals surface area contributed by atoms with Crippen molar-refractivity contribution in [2.75, 3.05) is 11.9 Å². The molecule has 2 aromatic carbocycles. The first-order valence-corrected chi connectivity index (χ1v) is 10.3. The van der Waals surface area contributed by atoms with Gasteiger partial charge in [0, 0.05) is 48.3 Å². The molecule has 8 heteroatoms. The van der Waals surface area contributed by atoms with Gasteiger partial charge in [0.25, 0.3) is 0 Å². The molecule has 5 nitrogen and oxygen atoms in total. The van der Waals surface area contributed by atoms with Crippen LogP contribution >= 0.6 is 0 Å². The van der Waals surface area contributed by atoms with Gasteiger partial charge in [0.2, 0.25) is 5.91 Å². The van der Waals surface area contributed by atoms with Gasteiger partial charge in [-0.2, -0.15) is 18.3 Å². The summed E-state index contributed by atoms with van der Waals surface area (Å²) in [5, 5.41) is 7.66. The van der Waals surface area contributed by atoms with Gasteiger partial charge < -0.3 is 10.2 Å². The van der Waals surface area contributed by atoms with Crippen LogP contribution in [0.3, 0.4) is 0 Å². The van der Waals surface area contributed by atoms with Crippen molar-refractivity contribution >= 4 is 17.3 Å². The molecule has 0 radical (unpaired) electrons. The second-order valence-electron chi connectivity index (χ2n) is 7.62. The number of carbonyl (C=O) groups excluding carboxylic acids is 1. The minimum Gasteiger partial charge on any atom is -0.355 e. The number of anilines is 2. The number of hydrogen-bond donors (Lipinski definition) is 1. The summed E-state index contributed by atoms with van der Waals surface area (Å²) in [7, 11) is 0. The number of nitrogens with one attached hydrogen (secondary N) is 1. The smallest absolute Gasteiger partial charge is 0.355 e. The van der Waals surface area contributed by atoms with Crippen molar-refractivity contribution in [3.05, 3.63) is 78.1 Å². The summed E-state index contributed by atoms with van der Waals surface area (Å²) >= 11 is 0. The number of benzene rings is 2. The Balaban J connectivity index is 1.74. The number of carbonyl (C=O) groups is 1. The van der Waals surface area contributed by atoms with Crippen molar-refractivity contribution in [2.45, 2.75) is 32.6 Å². The monoisotopic (exact) mass is 440 g/mol. The van der Waals surface area contributed by atoms with Gasteiger partial charge in [0.05, 0.1) is 11.8 Å². The molecule has 0 fully saturated rings. The van der Waals surface area contributed by atoms with E-state index >= 15 is 0 Å². The van der Waals surface area contributed by atoms with Gasteiger partial charge in [0.1, 0.15) is 0 Å². The Hall–Kier alpha value is -3.55. The molecule has 0 saturated carbocycles. The molecule has 0 unspecified atom stereocenters. The fourth-order valence-corrected chi connectivity index (χ4v) is 3.97. The average molecular weight is 440 g/mol. The van der Waals surface area contributed by atoms with E-state index in [0.29, 0.717) is 25.2 Å². The van der Waals surface area contributed by atoms with Gasteiger partial charge in [-0.25, -0.2) is 0 Å². The van der Waals surface area contributed by atoms with Gasteiger partial charge in [-0.15, -0.1) is 0 Å². The Kier molecular flexibility index (Phi) is 5.78. The number of aryl methyl sites for hydroxylation is 1. The lowest BCUT2D eigenvalue weighted by molar-refractivity contribution is -0.137. The van der Waals surface area contributed by atoms with Crippen LogP contribution in [-0.4, -0.2) is 27.1 Å². The second-order valence-corrected chi connectivity index (χ2v) is 7.62. The summed E-state index contributed by atoms with van der Waals surface area (Å²) in [5.41, 5.74) is 4.65. The molecule has 166 valence electrons. The van der Waals surface area contributed by atoms with E-state index in [0.717, 1.165) is 46.6 Å². The van der Waals surface area contributed by atoms with E-state index in [-0.39, 0.29) is 5.91 Å². The standard InChI is InChI=1S/C24H23F3N4O/c1-3-22(32)30-12-11-20-16(14-30)5-10-21(23(20)17-13-28-31(4-2)15-17)29-19-8-6-18(7-9-19)24(25,26)27/h3,5-10,13,15,29H,1,4,11-12,14H2,2H3. The lowest BCUT2D eigenvalue weighted by atomic mass is 9.90. The van der Waals surface area contributed by atoms with E-state index in [4.69, 9.17) is 0 Å². The first-order chi connectivity index (χ1) is 15.3. The fourth-order valence-electron chi connectivity index (χ4n) is 3.97. The lowest BCUT2D eigenvalue weighted by Gasteiger charge is -2.30. The molecular weight excluding hydrogens is 417 g/mol. The highest BCUT2D eigenvalue weighted by Gasteiger charge is 2.30. The van der Waals surface area contributed by atoms with Crippen LogP contribution in [0.5, 0.6) is 0 Å². The summed E-state index contributed by atoms with van der Waals surface area (Å²) in [4.78, 5) is 13.8. The molecular formula is C24H23F3N4O. The molecule has 0 atom stereocenters. The molecule has 0 aliphatic carbocycles. The fraction of sp³-hybridized carbons (Fsp3) is 0.250. The van der Waals surface area contributed by atoms with Gasteiger partial charge in [0.15, 0.2) is 0 Å². The highest BCUT2D eigenvalue weighted by Crippen LogP contribution is 2.38. The molecule has 2 heterocycles. The summed E-state index contributed by atoms with van der Waals surface area (Å²) in [6.07, 6.45) is 1.34. The Morgan fingerprint density at radius 1 is 1.22 bits per heavy atom. The van der Waals surface area contributed by atoms with Crippen LogP contribution in [-0.2, 0) is 30.5 Å². The molecule has 1 amide bonds. The topological polar surface area (TPSA) is 50.2 Å². The lowest BCUT2D eigenvalue weighted by Crippen LogP contribution is -2.35. The normalized spacial score (nSPS) is 13.6. The Bertz CT molecular complexity index is 1150. The average Bonchev–Trinajstić information content (AvgIpc) is 3.26. The highest BCUT2D eigenvalue weighted by molar-refractivity contribution is 5.88. The molecule has 0 bridgehead atoms. The van der Waals surface area contributed by atoms with Crippen molar-refractivity contribution in [1.82, 2.24) is 14.7 Å². The summed E-state index contributed by atoms with van der Waals surface area (Å²) in [6, 6.07) is 8.83. The zero-order valence-electron chi connectivity index (χ0n) is 17.6. The molecule has 1 aliphatic heterocycles. The van der Waals surface area contributed by atoms with Crippen LogP contribution in [0.15, 0.2) is 61.4 Å². The SMILES string of the molecule is C=CC(=O)N1CCc2c(ccc(Nc3ccc(C(F)(F)F)cc3)c2-c2cnn(CC)c2)C1. The zero-order valence-corrected chi connectivity index (χ0v) is 17.6. The molecule has 3 aromatic rings. The summed E-state index contributed by atoms with van der Waals surface area (Å²) in [5.74, 6) is -0.108. The molecule has 0 spiro atoms. The van der Waals surface area contributed by atoms with E-state index < -0.39 is 11.7 Å². The third-order valence-corrected chi connectivity index (χ3v) is 5.63. The second kappa shape index (κ2) is 8.53. The molecule has 1 aromatic heterocycles. The summed E-state index contributed by atoms with van der Waals surface area (Å²) in [6.45, 7) is 7.33. The third kappa shape index (κ3) is 4.26. The van der Waals surface area contributed by atoms with E-state index in [9.17, 15) is 18.0 Å². The van der Waals surface area contributed by atoms with Crippen LogP contribution in [0.25, 0.3) is 11.1 Å². The maximum atomic E-state index is 12.9. The number of hydrogen-bond acceptors (Lipinski definition) is 3. The van der Waals surface area contributed by atoms with Crippen LogP contribution < -0.4 is 5.32 Å². The van der Waals surface area contributed by atoms with Crippen LogP contribution in [0, 0.1) is 0 Å². The van der Waals surface area contributed by atoms with Crippen molar-refractivity contribution < 1.29 is 18.0 Å². The van der Waals surface area contributed by atoms with Gasteiger partial charge >= 0.3 is 6.18 Å². The van der Waals surface area contributed by atoms with Crippen LogP contribution in [0.4, 0.5) is 24.5 Å². The predicted octanol–water partition coefficient (Wildman–Crippen LogP) is 5.40. The molecule has 1 N–H and O–H groups in total. The number of nitrogens with zero attached hydrogens (tertiary/aromatic N) is 3. The number of alkyl halides is 3. The number of halogens is 3. The maximum absolute atomic E-state index is 12.9. The number of amides is 1. The zero-order chi connectivity index (χ0) is 22.9. The van der Waals surface area contributed by atoms with E-state index in [1.165, 1.54) is 18.2 Å². The Morgan fingerprint density at radius 3 is 2.59 bits per heavy atom. The minimum atomic E-state index is -4.38. The maximum Gasteiger partial charge on any atom is 0.416 e. The first kappa shape index (κ1) is 21.7. The van der Waals surface area contributed by atoms with E-state index in [2.05, 4.69) is 17.0 Å². The van der Waals surface area contributed by atoms with E-state index in [1.807, 2.05) is 29.9 Å². The molecule has 32 heavy (non-hydrogen) atoms. The van der Waals surface area contributed by atoms with Gasteiger partial charge in [-0.05, 0) is 60.9 Å². The van der Waals surface area contributed by atoms with Crippen LogP contribution in [0.2, 0.25) is 0 Å². The molecule has 1 aliphatic rings. The summed E-state index contributed by atoms with van der Waals surface area (Å²) < 4.78 is 40.5. The molecule has 0 saturated heterocycles. The van der Waals surface area contributed by atoms with E-state index in [1.54, 1.807) is 11.1 Å². The minimum absolute atomic E-state index is 0.108.